The molecule has 0 radical (unpaired) electrons. The number of piperidine rings is 1. The molecule has 1 amide bonds. The second kappa shape index (κ2) is 9.64. The molecule has 0 aromatic carbocycles. The second-order valence-electron chi connectivity index (χ2n) is 8.29. The largest absolute Gasteiger partial charge is 0.477 e. The standard InChI is InChI=1S/C23H27ClN4O3/c1-16(29)19-2-4-21(25-12-19)27-10-7-18(8-11-27)23(30)28-9-6-17(14-28)15-31-22-5-3-20(24)13-26-22/h2-5,12-13,17-18H,6-11,14-15H2,1H3. The van der Waals surface area contributed by atoms with Crippen molar-refractivity contribution in [2.24, 2.45) is 11.8 Å². The number of hydrogen-bond acceptors (Lipinski definition) is 6. The lowest BCUT2D eigenvalue weighted by Crippen LogP contribution is -2.42. The summed E-state index contributed by atoms with van der Waals surface area (Å²) in [5.74, 6) is 2.08. The smallest absolute Gasteiger partial charge is 0.225 e. The zero-order valence-electron chi connectivity index (χ0n) is 17.7. The molecule has 7 nitrogen and oxygen atoms in total. The Morgan fingerprint density at radius 1 is 1.06 bits per heavy atom. The van der Waals surface area contributed by atoms with Crippen molar-refractivity contribution >= 4 is 29.1 Å². The molecule has 164 valence electrons. The fraction of sp³-hybridized carbons (Fsp3) is 0.478. The first-order valence-electron chi connectivity index (χ1n) is 10.7. The number of amides is 1. The molecule has 4 heterocycles. The van der Waals surface area contributed by atoms with Crippen LogP contribution in [-0.2, 0) is 4.79 Å². The molecule has 0 N–H and O–H groups in total. The molecule has 0 spiro atoms. The molecule has 2 aromatic heterocycles. The molecule has 1 atom stereocenters. The Morgan fingerprint density at radius 2 is 1.87 bits per heavy atom. The Morgan fingerprint density at radius 3 is 2.52 bits per heavy atom. The van der Waals surface area contributed by atoms with E-state index < -0.39 is 0 Å². The van der Waals surface area contributed by atoms with E-state index in [0.717, 1.165) is 51.3 Å². The van der Waals surface area contributed by atoms with E-state index in [2.05, 4.69) is 14.9 Å². The van der Waals surface area contributed by atoms with Crippen LogP contribution in [0.15, 0.2) is 36.7 Å². The fourth-order valence-corrected chi connectivity index (χ4v) is 4.33. The van der Waals surface area contributed by atoms with Gasteiger partial charge in [-0.25, -0.2) is 9.97 Å². The number of nitrogens with zero attached hydrogens (tertiary/aromatic N) is 4. The number of likely N-dealkylation sites (tertiary alicyclic amines) is 1. The van der Waals surface area contributed by atoms with Crippen molar-refractivity contribution in [1.82, 2.24) is 14.9 Å². The number of ether oxygens (including phenoxy) is 1. The van der Waals surface area contributed by atoms with Gasteiger partial charge < -0.3 is 14.5 Å². The maximum atomic E-state index is 13.0. The first kappa shape index (κ1) is 21.6. The van der Waals surface area contributed by atoms with Crippen molar-refractivity contribution in [2.75, 3.05) is 37.7 Å². The summed E-state index contributed by atoms with van der Waals surface area (Å²) in [7, 11) is 0. The summed E-state index contributed by atoms with van der Waals surface area (Å²) >= 11 is 5.85. The van der Waals surface area contributed by atoms with E-state index in [1.165, 1.54) is 6.92 Å². The Bertz CT molecular complexity index is 911. The molecule has 0 bridgehead atoms. The third-order valence-electron chi connectivity index (χ3n) is 6.09. The SMILES string of the molecule is CC(=O)c1ccc(N2CCC(C(=O)N3CCC(COc4ccc(Cl)cn4)C3)CC2)nc1. The molecule has 8 heteroatoms. The number of halogens is 1. The van der Waals surface area contributed by atoms with E-state index in [1.807, 2.05) is 17.0 Å². The molecule has 2 aromatic rings. The predicted octanol–water partition coefficient (Wildman–Crippen LogP) is 3.48. The van der Waals surface area contributed by atoms with Crippen LogP contribution in [-0.4, -0.2) is 59.3 Å². The van der Waals surface area contributed by atoms with Crippen LogP contribution in [0.5, 0.6) is 5.88 Å². The summed E-state index contributed by atoms with van der Waals surface area (Å²) < 4.78 is 5.76. The zero-order chi connectivity index (χ0) is 21.8. The lowest BCUT2D eigenvalue weighted by Gasteiger charge is -2.34. The maximum Gasteiger partial charge on any atom is 0.225 e. The van der Waals surface area contributed by atoms with Gasteiger partial charge in [-0.05, 0) is 44.4 Å². The lowest BCUT2D eigenvalue weighted by atomic mass is 9.95. The van der Waals surface area contributed by atoms with Crippen molar-refractivity contribution in [3.05, 3.63) is 47.2 Å². The van der Waals surface area contributed by atoms with E-state index in [0.29, 0.717) is 29.0 Å². The van der Waals surface area contributed by atoms with Gasteiger partial charge in [0.15, 0.2) is 5.78 Å². The average Bonchev–Trinajstić information content (AvgIpc) is 3.27. The molecule has 0 saturated carbocycles. The number of rotatable bonds is 6. The molecular weight excluding hydrogens is 416 g/mol. The number of aromatic nitrogens is 2. The molecule has 2 fully saturated rings. The zero-order valence-corrected chi connectivity index (χ0v) is 18.4. The van der Waals surface area contributed by atoms with Crippen LogP contribution in [0.2, 0.25) is 5.02 Å². The van der Waals surface area contributed by atoms with Gasteiger partial charge in [0.2, 0.25) is 11.8 Å². The normalized spacial score (nSPS) is 19.5. The highest BCUT2D eigenvalue weighted by Gasteiger charge is 2.33. The van der Waals surface area contributed by atoms with Gasteiger partial charge in [-0.3, -0.25) is 9.59 Å². The van der Waals surface area contributed by atoms with Crippen molar-refractivity contribution in [2.45, 2.75) is 26.2 Å². The highest BCUT2D eigenvalue weighted by Crippen LogP contribution is 2.26. The number of pyridine rings is 2. The summed E-state index contributed by atoms with van der Waals surface area (Å²) in [6.07, 6.45) is 5.79. The number of ketones is 1. The molecular formula is C23H27ClN4O3. The van der Waals surface area contributed by atoms with Crippen molar-refractivity contribution in [1.29, 1.82) is 0 Å². The third-order valence-corrected chi connectivity index (χ3v) is 6.31. The van der Waals surface area contributed by atoms with E-state index in [-0.39, 0.29) is 17.6 Å². The van der Waals surface area contributed by atoms with Crippen LogP contribution in [0.1, 0.15) is 36.5 Å². The first-order chi connectivity index (χ1) is 15.0. The Kier molecular flexibility index (Phi) is 6.70. The second-order valence-corrected chi connectivity index (χ2v) is 8.72. The molecule has 2 aliphatic heterocycles. The third kappa shape index (κ3) is 5.34. The summed E-state index contributed by atoms with van der Waals surface area (Å²) in [6.45, 7) is 5.21. The highest BCUT2D eigenvalue weighted by atomic mass is 35.5. The van der Waals surface area contributed by atoms with Gasteiger partial charge in [0, 0.05) is 62.0 Å². The number of carbonyl (C=O) groups excluding carboxylic acids is 2. The average molecular weight is 443 g/mol. The van der Waals surface area contributed by atoms with Gasteiger partial charge in [-0.1, -0.05) is 11.6 Å². The van der Waals surface area contributed by atoms with Crippen molar-refractivity contribution in [3.63, 3.8) is 0 Å². The molecule has 1 unspecified atom stereocenters. The van der Waals surface area contributed by atoms with Gasteiger partial charge in [0.1, 0.15) is 5.82 Å². The summed E-state index contributed by atoms with van der Waals surface area (Å²) in [5.41, 5.74) is 0.619. The Labute approximate surface area is 187 Å². The highest BCUT2D eigenvalue weighted by molar-refractivity contribution is 6.30. The van der Waals surface area contributed by atoms with E-state index >= 15 is 0 Å². The van der Waals surface area contributed by atoms with E-state index in [4.69, 9.17) is 16.3 Å². The molecule has 2 aliphatic rings. The lowest BCUT2D eigenvalue weighted by molar-refractivity contribution is -0.135. The number of carbonyl (C=O) groups is 2. The van der Waals surface area contributed by atoms with Crippen LogP contribution in [0.25, 0.3) is 0 Å². The van der Waals surface area contributed by atoms with Gasteiger partial charge >= 0.3 is 0 Å². The minimum absolute atomic E-state index is 0.0158. The van der Waals surface area contributed by atoms with Crippen molar-refractivity contribution < 1.29 is 14.3 Å². The molecule has 0 aliphatic carbocycles. The molecule has 31 heavy (non-hydrogen) atoms. The van der Waals surface area contributed by atoms with Gasteiger partial charge in [0.05, 0.1) is 11.6 Å². The van der Waals surface area contributed by atoms with Crippen LogP contribution in [0.4, 0.5) is 5.82 Å². The topological polar surface area (TPSA) is 75.6 Å². The quantitative estimate of drug-likeness (QED) is 0.637. The van der Waals surface area contributed by atoms with Crippen LogP contribution < -0.4 is 9.64 Å². The van der Waals surface area contributed by atoms with Crippen molar-refractivity contribution in [3.8, 4) is 5.88 Å². The maximum absolute atomic E-state index is 13.0. The van der Waals surface area contributed by atoms with Crippen LogP contribution in [0.3, 0.4) is 0 Å². The van der Waals surface area contributed by atoms with Gasteiger partial charge in [-0.2, -0.15) is 0 Å². The minimum atomic E-state index is 0.0158. The Hall–Kier alpha value is -2.67. The van der Waals surface area contributed by atoms with Gasteiger partial charge in [-0.15, -0.1) is 0 Å². The summed E-state index contributed by atoms with van der Waals surface area (Å²) in [4.78, 5) is 37.2. The monoisotopic (exact) mass is 442 g/mol. The Balaban J connectivity index is 1.23. The number of hydrogen-bond donors (Lipinski definition) is 0. The molecule has 2 saturated heterocycles. The van der Waals surface area contributed by atoms with E-state index in [1.54, 1.807) is 24.5 Å². The van der Waals surface area contributed by atoms with Crippen LogP contribution in [0, 0.1) is 11.8 Å². The van der Waals surface area contributed by atoms with Gasteiger partial charge in [0.25, 0.3) is 0 Å². The van der Waals surface area contributed by atoms with E-state index in [9.17, 15) is 9.59 Å². The first-order valence-corrected chi connectivity index (χ1v) is 11.1. The summed E-state index contributed by atoms with van der Waals surface area (Å²) in [6, 6.07) is 7.22. The van der Waals surface area contributed by atoms with Crippen LogP contribution >= 0.6 is 11.6 Å². The molecule has 4 rings (SSSR count). The predicted molar refractivity (Wildman–Crippen MR) is 119 cm³/mol. The number of Topliss-reactive ketones (excluding diaryl/α,β-unsaturated/α-hetero) is 1. The summed E-state index contributed by atoms with van der Waals surface area (Å²) in [5, 5.41) is 0.583. The fourth-order valence-electron chi connectivity index (χ4n) is 4.21. The minimum Gasteiger partial charge on any atom is -0.477 e. The number of anilines is 1.